The first-order valence-corrected chi connectivity index (χ1v) is 16.7. The van der Waals surface area contributed by atoms with E-state index in [1.165, 1.54) is 0 Å². The summed E-state index contributed by atoms with van der Waals surface area (Å²) in [7, 11) is -2.39. The highest BCUT2D eigenvalue weighted by Gasteiger charge is 2.34. The Morgan fingerprint density at radius 3 is 1.63 bits per heavy atom. The van der Waals surface area contributed by atoms with Crippen molar-refractivity contribution in [2.24, 2.45) is 4.52 Å². The first-order chi connectivity index (χ1) is 20.0. The Hall–Kier alpha value is -2.61. The summed E-state index contributed by atoms with van der Waals surface area (Å²) in [5.41, 5.74) is 0. The molecule has 41 heavy (non-hydrogen) atoms. The van der Waals surface area contributed by atoms with Crippen LogP contribution >= 0.6 is 24.7 Å². The smallest absolute Gasteiger partial charge is 0.377 e. The van der Waals surface area contributed by atoms with Crippen LogP contribution in [0, 0.1) is 0 Å². The van der Waals surface area contributed by atoms with E-state index in [4.69, 9.17) is 45.9 Å². The molecule has 0 bridgehead atoms. The summed E-state index contributed by atoms with van der Waals surface area (Å²) in [6.45, 7) is 6.52. The highest BCUT2D eigenvalue weighted by molar-refractivity contribution is 7.70. The van der Waals surface area contributed by atoms with Gasteiger partial charge in [0.05, 0.1) is 41.2 Å². The molecular formula is C27H37N2O9P3. The van der Waals surface area contributed by atoms with E-state index < -0.39 is 24.7 Å². The molecule has 0 amide bonds. The molecule has 3 aromatic rings. The van der Waals surface area contributed by atoms with Gasteiger partial charge in [-0.25, -0.2) is 0 Å². The molecular weight excluding hydrogens is 589 g/mol. The van der Waals surface area contributed by atoms with E-state index in [0.717, 1.165) is 0 Å². The average molecular weight is 627 g/mol. The van der Waals surface area contributed by atoms with Crippen molar-refractivity contribution in [3.05, 3.63) is 72.8 Å². The molecule has 3 unspecified atom stereocenters. The molecule has 3 aromatic carbocycles. The SMILES string of the molecule is CCOP(N=P(NP(OCC)Oc1cccc(OC)c1)(OCC)Oc1cccc(OC)c1)Oc1cccc(OC)c1. The monoisotopic (exact) mass is 626 g/mol. The second kappa shape index (κ2) is 17.4. The minimum absolute atomic E-state index is 0.261. The molecule has 3 atom stereocenters. The zero-order valence-corrected chi connectivity index (χ0v) is 26.7. The van der Waals surface area contributed by atoms with Gasteiger partial charge in [-0.15, -0.1) is 9.37 Å². The molecule has 0 radical (unpaired) electrons. The van der Waals surface area contributed by atoms with E-state index in [2.05, 4.69) is 4.86 Å². The van der Waals surface area contributed by atoms with E-state index in [1.807, 2.05) is 57.2 Å². The summed E-state index contributed by atoms with van der Waals surface area (Å²) in [5, 5.41) is 0. The standard InChI is InChI=1S/C27H37N2O9P3/c1-7-33-39(36-25-16-10-13-22(19-25)30-4)28-41(35-9-3,38-27-18-12-15-24(21-27)32-6)29-40(34-8-2)37-26-17-11-14-23(20-26)31-5/h10-21,28H,7-9H2,1-6H3. The maximum absolute atomic E-state index is 6.50. The van der Waals surface area contributed by atoms with Gasteiger partial charge in [0.15, 0.2) is 0 Å². The van der Waals surface area contributed by atoms with Gasteiger partial charge in [-0.3, -0.25) is 0 Å². The van der Waals surface area contributed by atoms with Crippen molar-refractivity contribution in [3.63, 3.8) is 0 Å². The van der Waals surface area contributed by atoms with E-state index in [-0.39, 0.29) is 6.61 Å². The fraction of sp³-hybridized carbons (Fsp3) is 0.333. The molecule has 0 aliphatic rings. The molecule has 0 spiro atoms. The Morgan fingerprint density at radius 1 is 0.634 bits per heavy atom. The third-order valence-corrected chi connectivity index (χ3v) is 10.9. The summed E-state index contributed by atoms with van der Waals surface area (Å²) in [6, 6.07) is 21.5. The predicted molar refractivity (Wildman–Crippen MR) is 162 cm³/mol. The Labute approximate surface area is 244 Å². The molecule has 1 N–H and O–H groups in total. The maximum atomic E-state index is 6.50. The number of ether oxygens (including phenoxy) is 3. The van der Waals surface area contributed by atoms with Gasteiger partial charge in [-0.05, 0) is 57.2 Å². The lowest BCUT2D eigenvalue weighted by Crippen LogP contribution is -2.17. The van der Waals surface area contributed by atoms with Crippen molar-refractivity contribution in [3.8, 4) is 34.5 Å². The zero-order valence-electron chi connectivity index (χ0n) is 24.0. The molecule has 0 aliphatic heterocycles. The van der Waals surface area contributed by atoms with Gasteiger partial charge in [0.1, 0.15) is 34.5 Å². The number of hydrogen-bond acceptors (Lipinski definition) is 10. The first kappa shape index (κ1) is 32.9. The lowest BCUT2D eigenvalue weighted by molar-refractivity contribution is 0.303. The number of nitrogens with zero attached hydrogens (tertiary/aromatic N) is 1. The quantitative estimate of drug-likeness (QED) is 0.138. The molecule has 0 saturated heterocycles. The normalized spacial score (nSPS) is 13.8. The predicted octanol–water partition coefficient (Wildman–Crippen LogP) is 8.35. The van der Waals surface area contributed by atoms with Crippen LogP contribution in [0.5, 0.6) is 34.5 Å². The lowest BCUT2D eigenvalue weighted by Gasteiger charge is -2.29. The molecule has 0 aromatic heterocycles. The van der Waals surface area contributed by atoms with Crippen molar-refractivity contribution < 1.29 is 41.4 Å². The van der Waals surface area contributed by atoms with Crippen LogP contribution in [0.2, 0.25) is 0 Å². The van der Waals surface area contributed by atoms with Gasteiger partial charge in [0.25, 0.3) is 0 Å². The van der Waals surface area contributed by atoms with Crippen LogP contribution in [0.3, 0.4) is 0 Å². The van der Waals surface area contributed by atoms with Crippen LogP contribution in [0.4, 0.5) is 0 Å². The molecule has 11 nitrogen and oxygen atoms in total. The number of nitrogens with one attached hydrogen (secondary N) is 1. The Kier molecular flexibility index (Phi) is 13.9. The van der Waals surface area contributed by atoms with Crippen molar-refractivity contribution in [2.75, 3.05) is 41.2 Å². The summed E-state index contributed by atoms with van der Waals surface area (Å²) in [5.74, 6) is 3.40. The molecule has 14 heteroatoms. The van der Waals surface area contributed by atoms with Gasteiger partial charge in [0, 0.05) is 18.2 Å². The van der Waals surface area contributed by atoms with Gasteiger partial charge in [-0.1, -0.05) is 18.2 Å². The third-order valence-electron chi connectivity index (χ3n) is 4.91. The molecule has 224 valence electrons. The molecule has 0 fully saturated rings. The van der Waals surface area contributed by atoms with Crippen molar-refractivity contribution in [2.45, 2.75) is 20.8 Å². The molecule has 0 aliphatic carbocycles. The van der Waals surface area contributed by atoms with Crippen LogP contribution in [0.25, 0.3) is 0 Å². The fourth-order valence-electron chi connectivity index (χ4n) is 3.19. The highest BCUT2D eigenvalue weighted by Crippen LogP contribution is 2.62. The second-order valence-electron chi connectivity index (χ2n) is 7.77. The van der Waals surface area contributed by atoms with Crippen LogP contribution in [-0.4, -0.2) is 41.2 Å². The fourth-order valence-corrected chi connectivity index (χ4v) is 8.76. The Bertz CT molecular complexity index is 1270. The van der Waals surface area contributed by atoms with Gasteiger partial charge < -0.3 is 41.4 Å². The number of methoxy groups -OCH3 is 3. The lowest BCUT2D eigenvalue weighted by atomic mass is 10.3. The van der Waals surface area contributed by atoms with Crippen molar-refractivity contribution >= 4 is 24.7 Å². The Morgan fingerprint density at radius 2 is 1.12 bits per heavy atom. The number of rotatable bonds is 18. The molecule has 0 heterocycles. The zero-order chi connectivity index (χ0) is 29.5. The van der Waals surface area contributed by atoms with Crippen LogP contribution in [0.1, 0.15) is 20.8 Å². The van der Waals surface area contributed by atoms with Crippen LogP contribution < -0.4 is 32.6 Å². The van der Waals surface area contributed by atoms with Gasteiger partial charge in [-0.2, -0.15) is 0 Å². The largest absolute Gasteiger partial charge is 0.497 e. The number of benzene rings is 3. The highest BCUT2D eigenvalue weighted by atomic mass is 31.3. The van der Waals surface area contributed by atoms with Crippen LogP contribution in [0.15, 0.2) is 77.3 Å². The van der Waals surface area contributed by atoms with Gasteiger partial charge >= 0.3 is 24.7 Å². The van der Waals surface area contributed by atoms with Crippen LogP contribution in [-0.2, 0) is 13.6 Å². The average Bonchev–Trinajstić information content (AvgIpc) is 2.97. The minimum Gasteiger partial charge on any atom is -0.497 e. The summed E-state index contributed by atoms with van der Waals surface area (Å²) in [4.78, 5) is 3.31. The molecule has 3 rings (SSSR count). The summed E-state index contributed by atoms with van der Waals surface area (Å²) < 4.78 is 58.1. The maximum Gasteiger partial charge on any atom is 0.377 e. The summed E-state index contributed by atoms with van der Waals surface area (Å²) in [6.07, 6.45) is 0. The van der Waals surface area contributed by atoms with Crippen molar-refractivity contribution in [1.29, 1.82) is 0 Å². The third kappa shape index (κ3) is 10.6. The van der Waals surface area contributed by atoms with Gasteiger partial charge in [0.2, 0.25) is 0 Å². The van der Waals surface area contributed by atoms with Crippen molar-refractivity contribution in [1.82, 2.24) is 4.86 Å². The second-order valence-corrected chi connectivity index (χ2v) is 12.6. The molecule has 0 saturated carbocycles. The number of hydrogen-bond donors (Lipinski definition) is 1. The minimum atomic E-state index is -3.42. The Balaban J connectivity index is 2.06. The van der Waals surface area contributed by atoms with E-state index >= 15 is 0 Å². The van der Waals surface area contributed by atoms with E-state index in [1.54, 1.807) is 57.7 Å². The van der Waals surface area contributed by atoms with E-state index in [9.17, 15) is 0 Å². The topological polar surface area (TPSA) is 107 Å². The van der Waals surface area contributed by atoms with E-state index in [0.29, 0.717) is 47.7 Å². The summed E-state index contributed by atoms with van der Waals surface area (Å²) >= 11 is 0. The first-order valence-electron chi connectivity index (χ1n) is 12.8.